The Kier molecular flexibility index (Phi) is 6.41. The number of aliphatic hydroxyl groups excluding tert-OH is 1. The van der Waals surface area contributed by atoms with Gasteiger partial charge in [-0.1, -0.05) is 0 Å². The molecule has 0 aromatic rings. The normalized spacial score (nSPS) is 14.8. The summed E-state index contributed by atoms with van der Waals surface area (Å²) >= 11 is 0. The summed E-state index contributed by atoms with van der Waals surface area (Å²) in [6.07, 6.45) is -6.74. The number of halogens is 7. The Morgan fingerprint density at radius 2 is 1.52 bits per heavy atom. The molecule has 0 unspecified atom stereocenters. The second-order valence-electron chi connectivity index (χ2n) is 3.75. The number of rotatable bonds is 8. The van der Waals surface area contributed by atoms with Crippen LogP contribution in [0.2, 0.25) is 0 Å². The summed E-state index contributed by atoms with van der Waals surface area (Å²) in [6, 6.07) is 0. The Labute approximate surface area is 115 Å². The van der Waals surface area contributed by atoms with Gasteiger partial charge in [-0.15, -0.1) is 0 Å². The summed E-state index contributed by atoms with van der Waals surface area (Å²) in [5.41, 5.74) is 0. The first-order chi connectivity index (χ1) is 9.23. The van der Waals surface area contributed by atoms with E-state index >= 15 is 0 Å². The minimum Gasteiger partial charge on any atom is -0.394 e. The highest BCUT2D eigenvalue weighted by atomic mass is 32.2. The molecular weight excluding hydrogens is 339 g/mol. The minimum absolute atomic E-state index is 0.289. The first-order valence-electron chi connectivity index (χ1n) is 5.20. The van der Waals surface area contributed by atoms with E-state index in [0.29, 0.717) is 7.05 Å². The van der Waals surface area contributed by atoms with Gasteiger partial charge < -0.3 is 9.84 Å². The second-order valence-corrected chi connectivity index (χ2v) is 5.84. The van der Waals surface area contributed by atoms with Crippen LogP contribution in [0.5, 0.6) is 0 Å². The van der Waals surface area contributed by atoms with Gasteiger partial charge in [-0.25, -0.2) is 8.42 Å². The fraction of sp³-hybridized carbons (Fsp3) is 1.00. The number of ether oxygens (including phenoxy) is 1. The fourth-order valence-corrected chi connectivity index (χ4v) is 2.15. The van der Waals surface area contributed by atoms with Crippen molar-refractivity contribution in [3.63, 3.8) is 0 Å². The highest BCUT2D eigenvalue weighted by Gasteiger charge is 2.79. The number of likely N-dealkylation sites (N-methyl/N-ethyl adjacent to an activating group) is 1. The zero-order chi connectivity index (χ0) is 17.1. The third kappa shape index (κ3) is 3.96. The van der Waals surface area contributed by atoms with Gasteiger partial charge in [0.05, 0.1) is 19.8 Å². The summed E-state index contributed by atoms with van der Waals surface area (Å²) in [4.78, 5) is 0. The van der Waals surface area contributed by atoms with E-state index in [1.165, 1.54) is 0 Å². The average molecular weight is 351 g/mol. The van der Waals surface area contributed by atoms with Crippen LogP contribution in [0.3, 0.4) is 0 Å². The summed E-state index contributed by atoms with van der Waals surface area (Å²) in [7, 11) is -5.88. The number of aliphatic hydroxyl groups is 1. The van der Waals surface area contributed by atoms with E-state index in [4.69, 9.17) is 5.11 Å². The predicted octanol–water partition coefficient (Wildman–Crippen LogP) is 1.05. The zero-order valence-corrected chi connectivity index (χ0v) is 11.3. The summed E-state index contributed by atoms with van der Waals surface area (Å²) in [6.45, 7) is -2.24. The zero-order valence-electron chi connectivity index (χ0n) is 10.5. The molecule has 0 saturated carbocycles. The summed E-state index contributed by atoms with van der Waals surface area (Å²) < 4.78 is 114. The van der Waals surface area contributed by atoms with E-state index in [1.54, 1.807) is 0 Å². The van der Waals surface area contributed by atoms with Crippen molar-refractivity contribution in [2.75, 3.05) is 33.4 Å². The Balaban J connectivity index is 5.21. The summed E-state index contributed by atoms with van der Waals surface area (Å²) in [5.74, 6) is -6.75. The van der Waals surface area contributed by atoms with Crippen LogP contribution in [0.25, 0.3) is 0 Å². The fourth-order valence-electron chi connectivity index (χ4n) is 1.00. The van der Waals surface area contributed by atoms with Gasteiger partial charge in [-0.2, -0.15) is 35.0 Å². The van der Waals surface area contributed by atoms with E-state index < -0.39 is 47.1 Å². The lowest BCUT2D eigenvalue weighted by atomic mass is 10.3. The van der Waals surface area contributed by atoms with Crippen LogP contribution in [0, 0.1) is 0 Å². The van der Waals surface area contributed by atoms with Gasteiger partial charge in [0.15, 0.2) is 0 Å². The lowest BCUT2D eigenvalue weighted by molar-refractivity contribution is -0.332. The molecule has 0 saturated heterocycles. The Morgan fingerprint density at radius 3 is 1.90 bits per heavy atom. The highest BCUT2D eigenvalue weighted by Crippen LogP contribution is 2.49. The third-order valence-corrected chi connectivity index (χ3v) is 4.15. The van der Waals surface area contributed by atoms with Gasteiger partial charge in [0.25, 0.3) is 10.0 Å². The molecule has 21 heavy (non-hydrogen) atoms. The SMILES string of the molecule is CN(CCOCCO)S(=O)(=O)C(F)(F)C(F)(F)C(F)(F)F. The van der Waals surface area contributed by atoms with Crippen molar-refractivity contribution in [2.24, 2.45) is 0 Å². The first-order valence-corrected chi connectivity index (χ1v) is 6.64. The molecule has 0 amide bonds. The molecule has 5 nitrogen and oxygen atoms in total. The molecular formula is C8H12F7NO4S. The standard InChI is InChI=1S/C8H12F7NO4S/c1-16(2-4-20-5-3-17)21(18,19)8(14,15)6(9,10)7(11,12)13/h17H,2-5H2,1H3. The van der Waals surface area contributed by atoms with Crippen LogP contribution in [0.4, 0.5) is 30.7 Å². The molecule has 0 aromatic heterocycles. The molecule has 0 atom stereocenters. The van der Waals surface area contributed by atoms with E-state index in [0.717, 1.165) is 0 Å². The highest BCUT2D eigenvalue weighted by molar-refractivity contribution is 7.90. The maximum absolute atomic E-state index is 13.1. The lowest BCUT2D eigenvalue weighted by Gasteiger charge is -2.30. The smallest absolute Gasteiger partial charge is 0.394 e. The van der Waals surface area contributed by atoms with Gasteiger partial charge >= 0.3 is 17.4 Å². The van der Waals surface area contributed by atoms with Crippen LogP contribution in [0.1, 0.15) is 0 Å². The van der Waals surface area contributed by atoms with Gasteiger partial charge in [0.2, 0.25) is 0 Å². The lowest BCUT2D eigenvalue weighted by Crippen LogP contribution is -2.59. The van der Waals surface area contributed by atoms with Gasteiger partial charge in [0, 0.05) is 13.6 Å². The van der Waals surface area contributed by atoms with Crippen LogP contribution >= 0.6 is 0 Å². The van der Waals surface area contributed by atoms with Gasteiger partial charge in [-0.05, 0) is 0 Å². The van der Waals surface area contributed by atoms with E-state index in [9.17, 15) is 39.2 Å². The van der Waals surface area contributed by atoms with Crippen molar-refractivity contribution in [3.05, 3.63) is 0 Å². The van der Waals surface area contributed by atoms with E-state index in [2.05, 4.69) is 4.74 Å². The van der Waals surface area contributed by atoms with Crippen LogP contribution in [0.15, 0.2) is 0 Å². The first kappa shape index (κ1) is 20.3. The quantitative estimate of drug-likeness (QED) is 0.524. The summed E-state index contributed by atoms with van der Waals surface area (Å²) in [5, 5.41) is 1.94. The van der Waals surface area contributed by atoms with Crippen molar-refractivity contribution in [3.8, 4) is 0 Å². The number of sulfonamides is 1. The van der Waals surface area contributed by atoms with Crippen LogP contribution in [-0.4, -0.2) is 68.6 Å². The van der Waals surface area contributed by atoms with Crippen LogP contribution in [-0.2, 0) is 14.8 Å². The topological polar surface area (TPSA) is 66.8 Å². The number of hydrogen-bond donors (Lipinski definition) is 1. The van der Waals surface area contributed by atoms with Crippen molar-refractivity contribution >= 4 is 10.0 Å². The maximum Gasteiger partial charge on any atom is 0.461 e. The van der Waals surface area contributed by atoms with Gasteiger partial charge in [-0.3, -0.25) is 0 Å². The molecule has 0 aromatic carbocycles. The molecule has 0 heterocycles. The third-order valence-electron chi connectivity index (χ3n) is 2.24. The van der Waals surface area contributed by atoms with Crippen molar-refractivity contribution in [1.82, 2.24) is 4.31 Å². The van der Waals surface area contributed by atoms with Crippen LogP contribution < -0.4 is 0 Å². The average Bonchev–Trinajstić information content (AvgIpc) is 2.32. The Hall–Kier alpha value is -0.660. The molecule has 1 N–H and O–H groups in total. The largest absolute Gasteiger partial charge is 0.461 e. The second kappa shape index (κ2) is 6.62. The molecule has 13 heteroatoms. The van der Waals surface area contributed by atoms with Crippen molar-refractivity contribution in [2.45, 2.75) is 17.4 Å². The number of nitrogens with zero attached hydrogens (tertiary/aromatic N) is 1. The molecule has 0 rings (SSSR count). The maximum atomic E-state index is 13.1. The molecule has 0 bridgehead atoms. The molecule has 0 aliphatic rings. The number of hydrogen-bond acceptors (Lipinski definition) is 4. The molecule has 0 aliphatic carbocycles. The molecule has 0 spiro atoms. The Morgan fingerprint density at radius 1 is 1.05 bits per heavy atom. The Bertz CT molecular complexity index is 436. The molecule has 0 radical (unpaired) electrons. The van der Waals surface area contributed by atoms with Crippen molar-refractivity contribution in [1.29, 1.82) is 0 Å². The number of alkyl halides is 7. The minimum atomic E-state index is -6.75. The van der Waals surface area contributed by atoms with E-state index in [-0.39, 0.29) is 10.9 Å². The van der Waals surface area contributed by atoms with Gasteiger partial charge in [0.1, 0.15) is 0 Å². The van der Waals surface area contributed by atoms with E-state index in [1.807, 2.05) is 0 Å². The molecule has 0 aliphatic heterocycles. The monoisotopic (exact) mass is 351 g/mol. The van der Waals surface area contributed by atoms with Crippen molar-refractivity contribution < 1.29 is 49.0 Å². The molecule has 128 valence electrons. The predicted molar refractivity (Wildman–Crippen MR) is 55.4 cm³/mol. The molecule has 0 fully saturated rings.